The number of anilines is 1. The SMILES string of the molecule is C=CCOC(=O)c1sc(N2C(=O)C(=O)/C(=C(/O)c3cccc(OCC)c3)C2c2cccs2)nc1C. The van der Waals surface area contributed by atoms with E-state index in [4.69, 9.17) is 9.47 Å². The Labute approximate surface area is 209 Å². The van der Waals surface area contributed by atoms with E-state index in [-0.39, 0.29) is 27.9 Å². The lowest BCUT2D eigenvalue weighted by Gasteiger charge is -2.21. The molecule has 35 heavy (non-hydrogen) atoms. The zero-order chi connectivity index (χ0) is 25.1. The van der Waals surface area contributed by atoms with Crippen molar-refractivity contribution in [3.05, 3.63) is 81.0 Å². The van der Waals surface area contributed by atoms with Gasteiger partial charge in [0.25, 0.3) is 5.78 Å². The average Bonchev–Trinajstić information content (AvgIpc) is 3.57. The molecule has 1 aliphatic rings. The first kappa shape index (κ1) is 24.4. The Hall–Kier alpha value is -3.76. The molecule has 10 heteroatoms. The summed E-state index contributed by atoms with van der Waals surface area (Å²) in [7, 11) is 0. The van der Waals surface area contributed by atoms with Crippen LogP contribution < -0.4 is 9.64 Å². The Morgan fingerprint density at radius 3 is 2.77 bits per heavy atom. The molecule has 3 heterocycles. The number of ketones is 1. The number of rotatable bonds is 8. The summed E-state index contributed by atoms with van der Waals surface area (Å²) < 4.78 is 10.6. The van der Waals surface area contributed by atoms with Crippen LogP contribution in [-0.4, -0.2) is 41.0 Å². The van der Waals surface area contributed by atoms with Crippen LogP contribution in [-0.2, 0) is 14.3 Å². The summed E-state index contributed by atoms with van der Waals surface area (Å²) in [5.41, 5.74) is 0.657. The molecular weight excluding hydrogens is 488 g/mol. The summed E-state index contributed by atoms with van der Waals surface area (Å²) in [6, 6.07) is 9.34. The van der Waals surface area contributed by atoms with Crippen LogP contribution >= 0.6 is 22.7 Å². The number of benzene rings is 1. The lowest BCUT2D eigenvalue weighted by Crippen LogP contribution is -2.29. The van der Waals surface area contributed by atoms with E-state index in [0.29, 0.717) is 28.5 Å². The maximum Gasteiger partial charge on any atom is 0.350 e. The molecule has 1 N–H and O–H groups in total. The monoisotopic (exact) mass is 510 g/mol. The summed E-state index contributed by atoms with van der Waals surface area (Å²) in [6.07, 6.45) is 1.45. The molecule has 180 valence electrons. The van der Waals surface area contributed by atoms with Crippen molar-refractivity contribution in [2.75, 3.05) is 18.1 Å². The number of hydrogen-bond acceptors (Lipinski definition) is 9. The van der Waals surface area contributed by atoms with Crippen molar-refractivity contribution in [3.63, 3.8) is 0 Å². The Morgan fingerprint density at radius 2 is 2.09 bits per heavy atom. The van der Waals surface area contributed by atoms with Gasteiger partial charge in [0.2, 0.25) is 0 Å². The van der Waals surface area contributed by atoms with Crippen LogP contribution in [0, 0.1) is 6.92 Å². The maximum absolute atomic E-state index is 13.2. The standard InChI is InChI=1S/C25H22N2O6S2/c1-4-11-33-24(31)22-14(3)26-25(35-22)27-19(17-10-7-12-34-17)18(21(29)23(27)30)20(28)15-8-6-9-16(13-15)32-5-2/h4,6-10,12-13,19,28H,1,5,11H2,2-3H3/b20-18+. The highest BCUT2D eigenvalue weighted by molar-refractivity contribution is 7.18. The Balaban J connectivity index is 1.83. The molecule has 2 aromatic heterocycles. The van der Waals surface area contributed by atoms with Gasteiger partial charge in [0, 0.05) is 10.4 Å². The van der Waals surface area contributed by atoms with Crippen molar-refractivity contribution in [1.29, 1.82) is 0 Å². The van der Waals surface area contributed by atoms with E-state index in [9.17, 15) is 19.5 Å². The highest BCUT2D eigenvalue weighted by Gasteiger charge is 2.49. The summed E-state index contributed by atoms with van der Waals surface area (Å²) in [6.45, 7) is 7.46. The fourth-order valence-electron chi connectivity index (χ4n) is 3.68. The molecule has 0 aliphatic carbocycles. The van der Waals surface area contributed by atoms with E-state index < -0.39 is 23.7 Å². The number of nitrogens with zero attached hydrogens (tertiary/aromatic N) is 2. The fraction of sp³-hybridized carbons (Fsp3) is 0.200. The van der Waals surface area contributed by atoms with Gasteiger partial charge in [-0.05, 0) is 37.4 Å². The predicted octanol–water partition coefficient (Wildman–Crippen LogP) is 4.88. The molecule has 0 saturated carbocycles. The quantitative estimate of drug-likeness (QED) is 0.151. The van der Waals surface area contributed by atoms with Crippen molar-refractivity contribution >= 4 is 51.2 Å². The van der Waals surface area contributed by atoms with E-state index in [1.807, 2.05) is 12.3 Å². The number of amides is 1. The van der Waals surface area contributed by atoms with Crippen LogP contribution in [0.25, 0.3) is 5.76 Å². The van der Waals surface area contributed by atoms with Crippen LogP contribution in [0.2, 0.25) is 0 Å². The van der Waals surface area contributed by atoms with Gasteiger partial charge in [-0.15, -0.1) is 11.3 Å². The van der Waals surface area contributed by atoms with Crippen LogP contribution in [0.15, 0.2) is 60.0 Å². The summed E-state index contributed by atoms with van der Waals surface area (Å²) in [4.78, 5) is 45.4. The molecule has 8 nitrogen and oxygen atoms in total. The van der Waals surface area contributed by atoms with Gasteiger partial charge in [0.15, 0.2) is 5.13 Å². The minimum Gasteiger partial charge on any atom is -0.507 e. The van der Waals surface area contributed by atoms with Crippen molar-refractivity contribution < 1.29 is 29.0 Å². The zero-order valence-corrected chi connectivity index (χ0v) is 20.6. The second-order valence-corrected chi connectivity index (χ2v) is 9.40. The number of Topliss-reactive ketones (excluding diaryl/α,β-unsaturated/α-hetero) is 1. The number of ether oxygens (including phenoxy) is 2. The van der Waals surface area contributed by atoms with Gasteiger partial charge >= 0.3 is 11.9 Å². The molecule has 1 unspecified atom stereocenters. The molecular formula is C25H22N2O6S2. The molecule has 3 aromatic rings. The van der Waals surface area contributed by atoms with Gasteiger partial charge in [-0.1, -0.05) is 42.2 Å². The second kappa shape index (κ2) is 10.2. The minimum atomic E-state index is -0.909. The van der Waals surface area contributed by atoms with Gasteiger partial charge in [0.05, 0.1) is 17.9 Å². The lowest BCUT2D eigenvalue weighted by atomic mass is 10.00. The predicted molar refractivity (Wildman–Crippen MR) is 134 cm³/mol. The molecule has 1 atom stereocenters. The van der Waals surface area contributed by atoms with E-state index in [0.717, 1.165) is 11.3 Å². The van der Waals surface area contributed by atoms with E-state index in [1.54, 1.807) is 43.3 Å². The number of aryl methyl sites for hydroxylation is 1. The number of aliphatic hydroxyl groups is 1. The summed E-state index contributed by atoms with van der Waals surface area (Å²) >= 11 is 2.29. The number of aromatic nitrogens is 1. The largest absolute Gasteiger partial charge is 0.507 e. The first-order valence-electron chi connectivity index (χ1n) is 10.7. The molecule has 1 fully saturated rings. The molecule has 0 radical (unpaired) electrons. The third kappa shape index (κ3) is 4.62. The molecule has 0 spiro atoms. The first-order chi connectivity index (χ1) is 16.9. The second-order valence-electron chi connectivity index (χ2n) is 7.44. The fourth-order valence-corrected chi connectivity index (χ4v) is 5.49. The maximum atomic E-state index is 13.2. The lowest BCUT2D eigenvalue weighted by molar-refractivity contribution is -0.132. The number of aliphatic hydroxyl groups excluding tert-OH is 1. The Bertz CT molecular complexity index is 1330. The third-order valence-corrected chi connectivity index (χ3v) is 7.25. The molecule has 4 rings (SSSR count). The minimum absolute atomic E-state index is 0.0338. The first-order valence-corrected chi connectivity index (χ1v) is 12.4. The van der Waals surface area contributed by atoms with Gasteiger partial charge in [-0.25, -0.2) is 9.78 Å². The number of carbonyl (C=O) groups excluding carboxylic acids is 3. The third-order valence-electron chi connectivity index (χ3n) is 5.18. The van der Waals surface area contributed by atoms with Crippen molar-refractivity contribution in [1.82, 2.24) is 4.98 Å². The molecule has 1 aliphatic heterocycles. The highest BCUT2D eigenvalue weighted by atomic mass is 32.1. The van der Waals surface area contributed by atoms with E-state index >= 15 is 0 Å². The van der Waals surface area contributed by atoms with Crippen LogP contribution in [0.1, 0.15) is 38.8 Å². The zero-order valence-electron chi connectivity index (χ0n) is 19.0. The number of thiophene rings is 1. The van der Waals surface area contributed by atoms with E-state index in [1.165, 1.54) is 22.3 Å². The molecule has 0 bridgehead atoms. The van der Waals surface area contributed by atoms with Crippen LogP contribution in [0.5, 0.6) is 5.75 Å². The van der Waals surface area contributed by atoms with Crippen molar-refractivity contribution in [2.45, 2.75) is 19.9 Å². The Kier molecular flexibility index (Phi) is 7.13. The smallest absolute Gasteiger partial charge is 0.350 e. The van der Waals surface area contributed by atoms with Gasteiger partial charge in [-0.2, -0.15) is 0 Å². The van der Waals surface area contributed by atoms with E-state index in [2.05, 4.69) is 11.6 Å². The topological polar surface area (TPSA) is 106 Å². The van der Waals surface area contributed by atoms with Gasteiger partial charge < -0.3 is 14.6 Å². The normalized spacial score (nSPS) is 17.0. The Morgan fingerprint density at radius 1 is 1.29 bits per heavy atom. The number of thiazole rings is 1. The van der Waals surface area contributed by atoms with Crippen molar-refractivity contribution in [3.8, 4) is 5.75 Å². The number of hydrogen-bond donors (Lipinski definition) is 1. The average molecular weight is 511 g/mol. The highest BCUT2D eigenvalue weighted by Crippen LogP contribution is 2.45. The van der Waals surface area contributed by atoms with Gasteiger partial charge in [-0.3, -0.25) is 14.5 Å². The summed E-state index contributed by atoms with van der Waals surface area (Å²) in [5.74, 6) is -2.07. The number of esters is 1. The van der Waals surface area contributed by atoms with Gasteiger partial charge in [0.1, 0.15) is 29.0 Å². The molecule has 1 aromatic carbocycles. The van der Waals surface area contributed by atoms with Crippen molar-refractivity contribution in [2.24, 2.45) is 0 Å². The molecule has 1 amide bonds. The molecule has 1 saturated heterocycles. The number of carbonyl (C=O) groups is 3. The summed E-state index contributed by atoms with van der Waals surface area (Å²) in [5, 5.41) is 13.2. The van der Waals surface area contributed by atoms with Crippen LogP contribution in [0.3, 0.4) is 0 Å². The van der Waals surface area contributed by atoms with Crippen LogP contribution in [0.4, 0.5) is 5.13 Å².